The van der Waals surface area contributed by atoms with Gasteiger partial charge in [-0.05, 0) is 42.5 Å². The van der Waals surface area contributed by atoms with Gasteiger partial charge < -0.3 is 9.73 Å². The molecule has 31 heavy (non-hydrogen) atoms. The Kier molecular flexibility index (Phi) is 6.87. The van der Waals surface area contributed by atoms with Crippen LogP contribution in [0.5, 0.6) is 0 Å². The summed E-state index contributed by atoms with van der Waals surface area (Å²) in [6.45, 7) is 0.409. The zero-order valence-electron chi connectivity index (χ0n) is 15.9. The summed E-state index contributed by atoms with van der Waals surface area (Å²) in [5.41, 5.74) is 1.27. The zero-order chi connectivity index (χ0) is 21.8. The number of anilines is 1. The highest BCUT2D eigenvalue weighted by atomic mass is 35.5. The number of nitrogens with one attached hydrogen (secondary N) is 1. The van der Waals surface area contributed by atoms with E-state index in [1.165, 1.54) is 11.8 Å². The van der Waals surface area contributed by atoms with Crippen molar-refractivity contribution in [1.29, 1.82) is 0 Å². The Balaban J connectivity index is 1.54. The van der Waals surface area contributed by atoms with Gasteiger partial charge in [0.1, 0.15) is 5.76 Å². The normalized spacial score (nSPS) is 10.9. The number of furan rings is 1. The molecule has 2 heterocycles. The van der Waals surface area contributed by atoms with Gasteiger partial charge in [0.2, 0.25) is 5.91 Å². The van der Waals surface area contributed by atoms with Gasteiger partial charge >= 0.3 is 0 Å². The van der Waals surface area contributed by atoms with Crippen LogP contribution in [0.4, 0.5) is 5.69 Å². The van der Waals surface area contributed by atoms with E-state index in [-0.39, 0.29) is 11.7 Å². The molecule has 0 spiro atoms. The molecule has 2 aromatic carbocycles. The molecule has 10 heteroatoms. The Hall–Kier alpha value is -2.45. The third-order valence-electron chi connectivity index (χ3n) is 4.23. The van der Waals surface area contributed by atoms with Gasteiger partial charge in [-0.25, -0.2) is 0 Å². The standard InChI is InChI=1S/C21H15Cl3N4O2S/c22-14-4-1-3-13(9-14)20-26-27-21(28(20)11-16-5-2-8-30-16)31-12-19(29)25-18-10-15(23)6-7-17(18)24/h1-10H,11-12H2,(H,25,29). The van der Waals surface area contributed by atoms with Gasteiger partial charge in [0.15, 0.2) is 11.0 Å². The fourth-order valence-electron chi connectivity index (χ4n) is 2.85. The van der Waals surface area contributed by atoms with Gasteiger partial charge in [-0.2, -0.15) is 0 Å². The van der Waals surface area contributed by atoms with E-state index in [9.17, 15) is 4.79 Å². The number of hydrogen-bond donors (Lipinski definition) is 1. The number of carbonyl (C=O) groups excluding carboxylic acids is 1. The number of rotatable bonds is 7. The minimum absolute atomic E-state index is 0.106. The first kappa shape index (κ1) is 21.8. The van der Waals surface area contributed by atoms with Gasteiger partial charge in [0.25, 0.3) is 0 Å². The van der Waals surface area contributed by atoms with Gasteiger partial charge in [-0.15, -0.1) is 10.2 Å². The van der Waals surface area contributed by atoms with Crippen molar-refractivity contribution in [2.24, 2.45) is 0 Å². The number of benzene rings is 2. The molecule has 4 rings (SSSR count). The molecule has 2 aromatic heterocycles. The topological polar surface area (TPSA) is 73.0 Å². The third kappa shape index (κ3) is 5.43. The SMILES string of the molecule is O=C(CSc1nnc(-c2cccc(Cl)c2)n1Cc1ccco1)Nc1cc(Cl)ccc1Cl. The van der Waals surface area contributed by atoms with Gasteiger partial charge in [-0.1, -0.05) is 58.7 Å². The van der Waals surface area contributed by atoms with Crippen molar-refractivity contribution < 1.29 is 9.21 Å². The first-order valence-corrected chi connectivity index (χ1v) is 11.2. The fraction of sp³-hybridized carbons (Fsp3) is 0.0952. The van der Waals surface area contributed by atoms with Gasteiger partial charge in [0, 0.05) is 15.6 Å². The number of nitrogens with zero attached hydrogens (tertiary/aromatic N) is 3. The van der Waals surface area contributed by atoms with Crippen molar-refractivity contribution in [2.45, 2.75) is 11.7 Å². The Labute approximate surface area is 197 Å². The van der Waals surface area contributed by atoms with E-state index >= 15 is 0 Å². The van der Waals surface area contributed by atoms with Crippen molar-refractivity contribution >= 4 is 58.2 Å². The van der Waals surface area contributed by atoms with Crippen molar-refractivity contribution in [3.63, 3.8) is 0 Å². The summed E-state index contributed by atoms with van der Waals surface area (Å²) in [5, 5.41) is 13.4. The lowest BCUT2D eigenvalue weighted by molar-refractivity contribution is -0.113. The fourth-order valence-corrected chi connectivity index (χ4v) is 4.11. The van der Waals surface area contributed by atoms with E-state index in [2.05, 4.69) is 15.5 Å². The van der Waals surface area contributed by atoms with Crippen molar-refractivity contribution in [3.05, 3.63) is 81.7 Å². The van der Waals surface area contributed by atoms with Crippen LogP contribution in [-0.2, 0) is 11.3 Å². The van der Waals surface area contributed by atoms with Gasteiger partial charge in [-0.3, -0.25) is 9.36 Å². The Bertz CT molecular complexity index is 1210. The number of halogens is 3. The van der Waals surface area contributed by atoms with Crippen LogP contribution in [0.3, 0.4) is 0 Å². The number of amides is 1. The maximum atomic E-state index is 12.5. The number of hydrogen-bond acceptors (Lipinski definition) is 5. The van der Waals surface area contributed by atoms with E-state index in [4.69, 9.17) is 39.2 Å². The molecule has 0 radical (unpaired) electrons. The molecule has 0 aliphatic rings. The number of aromatic nitrogens is 3. The minimum atomic E-state index is -0.244. The van der Waals surface area contributed by atoms with Crippen LogP contribution < -0.4 is 5.32 Å². The summed E-state index contributed by atoms with van der Waals surface area (Å²) in [6.07, 6.45) is 1.60. The lowest BCUT2D eigenvalue weighted by atomic mass is 10.2. The molecular weight excluding hydrogens is 479 g/mol. The van der Waals surface area contributed by atoms with E-state index in [1.807, 2.05) is 34.9 Å². The second kappa shape index (κ2) is 9.78. The van der Waals surface area contributed by atoms with Crippen molar-refractivity contribution in [3.8, 4) is 11.4 Å². The van der Waals surface area contributed by atoms with Crippen LogP contribution in [0.1, 0.15) is 5.76 Å². The lowest BCUT2D eigenvalue weighted by Gasteiger charge is -2.10. The quantitative estimate of drug-likeness (QED) is 0.307. The molecule has 158 valence electrons. The monoisotopic (exact) mass is 492 g/mol. The smallest absolute Gasteiger partial charge is 0.234 e. The zero-order valence-corrected chi connectivity index (χ0v) is 19.0. The molecule has 0 bridgehead atoms. The molecule has 0 atom stereocenters. The Morgan fingerprint density at radius 3 is 2.65 bits per heavy atom. The number of thioether (sulfide) groups is 1. The van der Waals surface area contributed by atoms with Crippen LogP contribution in [0.25, 0.3) is 11.4 Å². The van der Waals surface area contributed by atoms with Crippen LogP contribution in [0.2, 0.25) is 15.1 Å². The highest BCUT2D eigenvalue weighted by Gasteiger charge is 2.17. The number of carbonyl (C=O) groups is 1. The average Bonchev–Trinajstić information content (AvgIpc) is 3.40. The molecule has 6 nitrogen and oxygen atoms in total. The lowest BCUT2D eigenvalue weighted by Crippen LogP contribution is -2.15. The van der Waals surface area contributed by atoms with Crippen LogP contribution in [0, 0.1) is 0 Å². The Morgan fingerprint density at radius 2 is 1.87 bits per heavy atom. The minimum Gasteiger partial charge on any atom is -0.467 e. The average molecular weight is 494 g/mol. The molecule has 0 fully saturated rings. The summed E-state index contributed by atoms with van der Waals surface area (Å²) >= 11 is 19.5. The van der Waals surface area contributed by atoms with E-state index in [0.717, 1.165) is 11.3 Å². The molecule has 0 saturated carbocycles. The van der Waals surface area contributed by atoms with Gasteiger partial charge in [0.05, 0.1) is 29.3 Å². The molecule has 1 N–H and O–H groups in total. The molecular formula is C21H15Cl3N4O2S. The summed E-state index contributed by atoms with van der Waals surface area (Å²) in [4.78, 5) is 12.5. The first-order chi connectivity index (χ1) is 15.0. The maximum absolute atomic E-state index is 12.5. The second-order valence-corrected chi connectivity index (χ2v) is 8.67. The van der Waals surface area contributed by atoms with E-state index in [1.54, 1.807) is 30.5 Å². The molecule has 0 aliphatic heterocycles. The summed E-state index contributed by atoms with van der Waals surface area (Å²) < 4.78 is 7.37. The maximum Gasteiger partial charge on any atom is 0.234 e. The highest BCUT2D eigenvalue weighted by Crippen LogP contribution is 2.28. The Morgan fingerprint density at radius 1 is 1.03 bits per heavy atom. The summed E-state index contributed by atoms with van der Waals surface area (Å²) in [6, 6.07) is 15.9. The first-order valence-electron chi connectivity index (χ1n) is 9.09. The van der Waals surface area contributed by atoms with E-state index in [0.29, 0.717) is 38.3 Å². The molecule has 1 amide bonds. The third-order valence-corrected chi connectivity index (χ3v) is 6.00. The van der Waals surface area contributed by atoms with Crippen molar-refractivity contribution in [1.82, 2.24) is 14.8 Å². The second-order valence-electron chi connectivity index (χ2n) is 6.44. The van der Waals surface area contributed by atoms with Crippen LogP contribution in [0.15, 0.2) is 70.4 Å². The summed E-state index contributed by atoms with van der Waals surface area (Å²) in [5.74, 6) is 1.22. The largest absolute Gasteiger partial charge is 0.467 e. The predicted octanol–water partition coefficient (Wildman–Crippen LogP) is 6.28. The van der Waals surface area contributed by atoms with Crippen LogP contribution in [-0.4, -0.2) is 26.4 Å². The van der Waals surface area contributed by atoms with Crippen LogP contribution >= 0.6 is 46.6 Å². The molecule has 0 saturated heterocycles. The molecule has 0 unspecified atom stereocenters. The van der Waals surface area contributed by atoms with Crippen molar-refractivity contribution in [2.75, 3.05) is 11.1 Å². The highest BCUT2D eigenvalue weighted by molar-refractivity contribution is 7.99. The van der Waals surface area contributed by atoms with E-state index < -0.39 is 0 Å². The molecule has 4 aromatic rings. The predicted molar refractivity (Wildman–Crippen MR) is 124 cm³/mol. The molecule has 0 aliphatic carbocycles. The summed E-state index contributed by atoms with van der Waals surface area (Å²) in [7, 11) is 0.